The molecule has 0 bridgehead atoms. The van der Waals surface area contributed by atoms with Gasteiger partial charge in [-0.2, -0.15) is 0 Å². The summed E-state index contributed by atoms with van der Waals surface area (Å²) in [6.07, 6.45) is 1.33. The first-order valence-corrected chi connectivity index (χ1v) is 9.14. The van der Waals surface area contributed by atoms with E-state index < -0.39 is 0 Å². The van der Waals surface area contributed by atoms with Crippen molar-refractivity contribution >= 4 is 39.7 Å². The molecule has 3 rings (SSSR count). The standard InChI is InChI=1S/C15H24BrN3S.ClH/c1-15(4-5-17-11-15)12-19-8-6-18(7-9-19)10-13-2-3-14(16)20-13;/h2-3,17H,4-12H2,1H3;1H. The first-order chi connectivity index (χ1) is 9.63. The van der Waals surface area contributed by atoms with Crippen molar-refractivity contribution in [2.24, 2.45) is 5.41 Å². The third-order valence-corrected chi connectivity index (χ3v) is 6.14. The van der Waals surface area contributed by atoms with Gasteiger partial charge < -0.3 is 10.2 Å². The molecule has 3 nitrogen and oxygen atoms in total. The lowest BCUT2D eigenvalue weighted by molar-refractivity contribution is 0.0938. The number of rotatable bonds is 4. The molecule has 1 aromatic heterocycles. The molecule has 0 aliphatic carbocycles. The Balaban J connectivity index is 0.00000161. The maximum Gasteiger partial charge on any atom is 0.0701 e. The minimum Gasteiger partial charge on any atom is -0.316 e. The maximum absolute atomic E-state index is 3.55. The van der Waals surface area contributed by atoms with Crippen LogP contribution in [0.3, 0.4) is 0 Å². The highest BCUT2D eigenvalue weighted by Crippen LogP contribution is 2.27. The van der Waals surface area contributed by atoms with E-state index in [1.807, 2.05) is 11.3 Å². The van der Waals surface area contributed by atoms with E-state index in [1.165, 1.54) is 60.9 Å². The zero-order valence-electron chi connectivity index (χ0n) is 12.6. The molecule has 1 N–H and O–H groups in total. The van der Waals surface area contributed by atoms with E-state index in [-0.39, 0.29) is 12.4 Å². The van der Waals surface area contributed by atoms with Gasteiger partial charge in [0.1, 0.15) is 0 Å². The molecule has 0 saturated carbocycles. The first kappa shape index (κ1) is 17.7. The van der Waals surface area contributed by atoms with E-state index in [9.17, 15) is 0 Å². The maximum atomic E-state index is 3.55. The Morgan fingerprint density at radius 3 is 2.52 bits per heavy atom. The molecule has 0 radical (unpaired) electrons. The number of hydrogen-bond acceptors (Lipinski definition) is 4. The van der Waals surface area contributed by atoms with Gasteiger partial charge in [0.2, 0.25) is 0 Å². The molecule has 6 heteroatoms. The predicted octanol–water partition coefficient (Wildman–Crippen LogP) is 3.05. The lowest BCUT2D eigenvalue weighted by Crippen LogP contribution is -2.49. The Kier molecular flexibility index (Phi) is 6.53. The molecule has 120 valence electrons. The van der Waals surface area contributed by atoms with Crippen LogP contribution in [0.25, 0.3) is 0 Å². The van der Waals surface area contributed by atoms with E-state index in [4.69, 9.17) is 0 Å². The van der Waals surface area contributed by atoms with Gasteiger partial charge in [-0.05, 0) is 46.4 Å². The van der Waals surface area contributed by atoms with Gasteiger partial charge in [0.15, 0.2) is 0 Å². The summed E-state index contributed by atoms with van der Waals surface area (Å²) < 4.78 is 1.24. The van der Waals surface area contributed by atoms with E-state index >= 15 is 0 Å². The van der Waals surface area contributed by atoms with Crippen molar-refractivity contribution in [1.29, 1.82) is 0 Å². The average molecular weight is 395 g/mol. The highest BCUT2D eigenvalue weighted by molar-refractivity contribution is 9.11. The molecule has 1 atom stereocenters. The fourth-order valence-electron chi connectivity index (χ4n) is 3.31. The van der Waals surface area contributed by atoms with Crippen LogP contribution in [0, 0.1) is 5.41 Å². The quantitative estimate of drug-likeness (QED) is 0.847. The largest absolute Gasteiger partial charge is 0.316 e. The van der Waals surface area contributed by atoms with Gasteiger partial charge in [0.25, 0.3) is 0 Å². The Hall–Kier alpha value is 0.350. The Bertz CT molecular complexity index is 440. The number of nitrogens with one attached hydrogen (secondary N) is 1. The minimum atomic E-state index is 0. The number of halogens is 2. The number of hydrogen-bond donors (Lipinski definition) is 1. The third-order valence-electron chi connectivity index (χ3n) is 4.54. The molecule has 1 aromatic rings. The molecular weight excluding hydrogens is 370 g/mol. The van der Waals surface area contributed by atoms with Crippen LogP contribution in [0.15, 0.2) is 15.9 Å². The molecule has 0 spiro atoms. The summed E-state index contributed by atoms with van der Waals surface area (Å²) in [7, 11) is 0. The van der Waals surface area contributed by atoms with Crippen LogP contribution < -0.4 is 5.32 Å². The van der Waals surface area contributed by atoms with Gasteiger partial charge in [-0.25, -0.2) is 0 Å². The third kappa shape index (κ3) is 4.91. The molecule has 1 unspecified atom stereocenters. The van der Waals surface area contributed by atoms with Gasteiger partial charge in [-0.15, -0.1) is 23.7 Å². The van der Waals surface area contributed by atoms with Crippen molar-refractivity contribution < 1.29 is 0 Å². The fourth-order valence-corrected chi connectivity index (χ4v) is 4.83. The molecule has 2 aliphatic rings. The fraction of sp³-hybridized carbons (Fsp3) is 0.733. The van der Waals surface area contributed by atoms with Crippen molar-refractivity contribution in [2.45, 2.75) is 19.9 Å². The highest BCUT2D eigenvalue weighted by Gasteiger charge is 2.31. The topological polar surface area (TPSA) is 18.5 Å². The second-order valence-electron chi connectivity index (χ2n) is 6.50. The van der Waals surface area contributed by atoms with Gasteiger partial charge in [0, 0.05) is 50.7 Å². The minimum absolute atomic E-state index is 0. The van der Waals surface area contributed by atoms with E-state index in [2.05, 4.69) is 50.1 Å². The second-order valence-corrected chi connectivity index (χ2v) is 9.04. The van der Waals surface area contributed by atoms with E-state index in [0.717, 1.165) is 6.54 Å². The lowest BCUT2D eigenvalue weighted by atomic mass is 9.89. The van der Waals surface area contributed by atoms with Crippen LogP contribution in [-0.4, -0.2) is 55.6 Å². The summed E-state index contributed by atoms with van der Waals surface area (Å²) >= 11 is 5.41. The summed E-state index contributed by atoms with van der Waals surface area (Å²) in [6.45, 7) is 12.1. The summed E-state index contributed by atoms with van der Waals surface area (Å²) in [5.41, 5.74) is 0.501. The zero-order valence-corrected chi connectivity index (χ0v) is 15.8. The van der Waals surface area contributed by atoms with Crippen LogP contribution in [0.4, 0.5) is 0 Å². The molecule has 0 aromatic carbocycles. The molecule has 2 saturated heterocycles. The Morgan fingerprint density at radius 1 is 1.24 bits per heavy atom. The van der Waals surface area contributed by atoms with E-state index in [0.29, 0.717) is 5.41 Å². The molecule has 2 aliphatic heterocycles. The normalized spacial score (nSPS) is 27.7. The highest BCUT2D eigenvalue weighted by atomic mass is 79.9. The van der Waals surface area contributed by atoms with Gasteiger partial charge in [-0.3, -0.25) is 4.90 Å². The van der Waals surface area contributed by atoms with Crippen molar-refractivity contribution in [1.82, 2.24) is 15.1 Å². The smallest absolute Gasteiger partial charge is 0.0701 e. The molecular formula is C15H25BrClN3S. The summed E-state index contributed by atoms with van der Waals surface area (Å²) in [5.74, 6) is 0. The lowest BCUT2D eigenvalue weighted by Gasteiger charge is -2.38. The molecule has 3 heterocycles. The van der Waals surface area contributed by atoms with Crippen molar-refractivity contribution in [3.8, 4) is 0 Å². The number of thiophene rings is 1. The van der Waals surface area contributed by atoms with Gasteiger partial charge >= 0.3 is 0 Å². The van der Waals surface area contributed by atoms with Crippen LogP contribution in [0.5, 0.6) is 0 Å². The molecule has 21 heavy (non-hydrogen) atoms. The summed E-state index contributed by atoms with van der Waals surface area (Å²) in [5, 5.41) is 3.51. The van der Waals surface area contributed by atoms with Gasteiger partial charge in [-0.1, -0.05) is 6.92 Å². The monoisotopic (exact) mass is 393 g/mol. The number of nitrogens with zero attached hydrogens (tertiary/aromatic N) is 2. The van der Waals surface area contributed by atoms with Crippen molar-refractivity contribution in [3.63, 3.8) is 0 Å². The van der Waals surface area contributed by atoms with Crippen LogP contribution in [0.1, 0.15) is 18.2 Å². The van der Waals surface area contributed by atoms with Gasteiger partial charge in [0.05, 0.1) is 3.79 Å². The Labute approximate surface area is 146 Å². The molecule has 2 fully saturated rings. The number of piperazine rings is 1. The first-order valence-electron chi connectivity index (χ1n) is 7.53. The molecule has 0 amide bonds. The summed E-state index contributed by atoms with van der Waals surface area (Å²) in [4.78, 5) is 6.72. The van der Waals surface area contributed by atoms with E-state index in [1.54, 1.807) is 0 Å². The van der Waals surface area contributed by atoms with Crippen molar-refractivity contribution in [3.05, 3.63) is 20.8 Å². The average Bonchev–Trinajstić information content (AvgIpc) is 3.01. The second kappa shape index (κ2) is 7.75. The van der Waals surface area contributed by atoms with Crippen LogP contribution in [-0.2, 0) is 6.54 Å². The van der Waals surface area contributed by atoms with Crippen LogP contribution >= 0.6 is 39.7 Å². The van der Waals surface area contributed by atoms with Crippen LogP contribution in [0.2, 0.25) is 0 Å². The SMILES string of the molecule is CC1(CN2CCN(Cc3ccc(Br)s3)CC2)CCNC1.Cl. The summed E-state index contributed by atoms with van der Waals surface area (Å²) in [6, 6.07) is 4.40. The van der Waals surface area contributed by atoms with Crippen molar-refractivity contribution in [2.75, 3.05) is 45.8 Å². The zero-order chi connectivity index (χ0) is 14.0. The Morgan fingerprint density at radius 2 is 1.95 bits per heavy atom. The predicted molar refractivity (Wildman–Crippen MR) is 96.6 cm³/mol.